The first-order valence-corrected chi connectivity index (χ1v) is 6.83. The molecule has 2 aromatic rings. The smallest absolute Gasteiger partial charge is 0.258 e. The van der Waals surface area contributed by atoms with Crippen LogP contribution in [0.4, 0.5) is 15.9 Å². The molecular formula is C14H13BrFN3O2. The minimum absolute atomic E-state index is 0.0207. The average molecular weight is 354 g/mol. The number of amides is 1. The predicted octanol–water partition coefficient (Wildman–Crippen LogP) is 3.29. The lowest BCUT2D eigenvalue weighted by Gasteiger charge is -2.10. The third-order valence-electron chi connectivity index (χ3n) is 2.79. The van der Waals surface area contributed by atoms with Crippen LogP contribution in [0.2, 0.25) is 0 Å². The Hall–Kier alpha value is -2.15. The summed E-state index contributed by atoms with van der Waals surface area (Å²) >= 11 is 3.32. The second-order valence-electron chi connectivity index (χ2n) is 4.07. The largest absolute Gasteiger partial charge is 0.497 e. The number of aromatic nitrogens is 1. The lowest BCUT2D eigenvalue weighted by atomic mass is 10.2. The van der Waals surface area contributed by atoms with Crippen LogP contribution >= 0.6 is 15.9 Å². The Morgan fingerprint density at radius 3 is 2.81 bits per heavy atom. The summed E-state index contributed by atoms with van der Waals surface area (Å²) in [6.07, 6.45) is 1.37. The number of halogens is 2. The molecule has 0 saturated carbocycles. The summed E-state index contributed by atoms with van der Waals surface area (Å²) in [6.45, 7) is 0. The Morgan fingerprint density at radius 1 is 1.38 bits per heavy atom. The fraction of sp³-hybridized carbons (Fsp3) is 0.143. The van der Waals surface area contributed by atoms with Crippen molar-refractivity contribution in [2.45, 2.75) is 0 Å². The average Bonchev–Trinajstić information content (AvgIpc) is 2.49. The Morgan fingerprint density at radius 2 is 2.14 bits per heavy atom. The highest BCUT2D eigenvalue weighted by Gasteiger charge is 2.16. The van der Waals surface area contributed by atoms with Crippen molar-refractivity contribution in [1.29, 1.82) is 0 Å². The first-order chi connectivity index (χ1) is 10.1. The molecule has 2 N–H and O–H groups in total. The monoisotopic (exact) mass is 353 g/mol. The number of nitrogens with zero attached hydrogens (tertiary/aromatic N) is 1. The highest BCUT2D eigenvalue weighted by atomic mass is 79.9. The van der Waals surface area contributed by atoms with Gasteiger partial charge in [0.25, 0.3) is 5.91 Å². The van der Waals surface area contributed by atoms with Crippen LogP contribution < -0.4 is 15.4 Å². The topological polar surface area (TPSA) is 63.2 Å². The zero-order valence-electron chi connectivity index (χ0n) is 11.4. The molecular weight excluding hydrogens is 341 g/mol. The first-order valence-electron chi connectivity index (χ1n) is 6.04. The fourth-order valence-corrected chi connectivity index (χ4v) is 2.06. The fourth-order valence-electron chi connectivity index (χ4n) is 1.71. The second kappa shape index (κ2) is 6.53. The van der Waals surface area contributed by atoms with Crippen molar-refractivity contribution >= 4 is 33.3 Å². The van der Waals surface area contributed by atoms with Gasteiger partial charge >= 0.3 is 0 Å². The number of carbonyl (C=O) groups excluding carboxylic acids is 1. The van der Waals surface area contributed by atoms with Gasteiger partial charge < -0.3 is 15.4 Å². The third kappa shape index (κ3) is 3.30. The van der Waals surface area contributed by atoms with Gasteiger partial charge in [-0.05, 0) is 34.1 Å². The quantitative estimate of drug-likeness (QED) is 0.885. The Kier molecular flexibility index (Phi) is 4.74. The van der Waals surface area contributed by atoms with E-state index in [9.17, 15) is 9.18 Å². The number of pyridine rings is 1. The normalized spacial score (nSPS) is 10.1. The Bertz CT molecular complexity index is 679. The lowest BCUT2D eigenvalue weighted by molar-refractivity contribution is 0.102. The summed E-state index contributed by atoms with van der Waals surface area (Å²) < 4.78 is 19.8. The summed E-state index contributed by atoms with van der Waals surface area (Å²) in [5.41, 5.74) is 0.394. The number of hydrogen-bond acceptors (Lipinski definition) is 4. The van der Waals surface area contributed by atoms with Crippen LogP contribution in [0, 0.1) is 5.82 Å². The summed E-state index contributed by atoms with van der Waals surface area (Å²) in [7, 11) is 3.06. The van der Waals surface area contributed by atoms with Crippen LogP contribution in [-0.4, -0.2) is 25.0 Å². The first kappa shape index (κ1) is 15.2. The zero-order chi connectivity index (χ0) is 15.4. The summed E-state index contributed by atoms with van der Waals surface area (Å²) in [5, 5.41) is 5.22. The van der Waals surface area contributed by atoms with E-state index in [1.807, 2.05) is 0 Å². The molecule has 110 valence electrons. The Labute approximate surface area is 129 Å². The maximum atomic E-state index is 14.0. The molecule has 7 heteroatoms. The molecule has 0 fully saturated rings. The number of carbonyl (C=O) groups is 1. The van der Waals surface area contributed by atoms with Crippen molar-refractivity contribution < 1.29 is 13.9 Å². The molecule has 0 aliphatic heterocycles. The van der Waals surface area contributed by atoms with Crippen molar-refractivity contribution in [2.75, 3.05) is 24.8 Å². The van der Waals surface area contributed by atoms with Crippen LogP contribution in [0.3, 0.4) is 0 Å². The minimum Gasteiger partial charge on any atom is -0.497 e. The van der Waals surface area contributed by atoms with E-state index in [4.69, 9.17) is 4.74 Å². The SMILES string of the molecule is CNc1nccc(C(=O)Nc2cc(OC)ccc2Br)c1F. The van der Waals surface area contributed by atoms with Gasteiger partial charge in [-0.3, -0.25) is 4.79 Å². The second-order valence-corrected chi connectivity index (χ2v) is 4.93. The van der Waals surface area contributed by atoms with Crippen LogP contribution in [0.5, 0.6) is 5.75 Å². The molecule has 1 aromatic heterocycles. The van der Waals surface area contributed by atoms with E-state index in [-0.39, 0.29) is 11.4 Å². The number of rotatable bonds is 4. The Balaban J connectivity index is 2.30. The van der Waals surface area contributed by atoms with Gasteiger partial charge in [0.1, 0.15) is 5.75 Å². The van der Waals surface area contributed by atoms with E-state index >= 15 is 0 Å². The highest BCUT2D eigenvalue weighted by molar-refractivity contribution is 9.10. The van der Waals surface area contributed by atoms with Crippen molar-refractivity contribution in [3.63, 3.8) is 0 Å². The molecule has 0 unspecified atom stereocenters. The third-order valence-corrected chi connectivity index (χ3v) is 3.48. The molecule has 1 amide bonds. The van der Waals surface area contributed by atoms with E-state index in [0.29, 0.717) is 15.9 Å². The molecule has 0 bridgehead atoms. The van der Waals surface area contributed by atoms with Crippen molar-refractivity contribution in [3.05, 3.63) is 46.3 Å². The van der Waals surface area contributed by atoms with Gasteiger partial charge in [-0.25, -0.2) is 9.37 Å². The zero-order valence-corrected chi connectivity index (χ0v) is 13.0. The van der Waals surface area contributed by atoms with E-state index < -0.39 is 11.7 Å². The maximum absolute atomic E-state index is 14.0. The van der Waals surface area contributed by atoms with Gasteiger partial charge in [0, 0.05) is 23.8 Å². The van der Waals surface area contributed by atoms with Gasteiger partial charge in [-0.15, -0.1) is 0 Å². The molecule has 0 spiro atoms. The molecule has 0 aliphatic rings. The van der Waals surface area contributed by atoms with Crippen molar-refractivity contribution in [1.82, 2.24) is 4.98 Å². The number of hydrogen-bond donors (Lipinski definition) is 2. The molecule has 1 heterocycles. The van der Waals surface area contributed by atoms with Gasteiger partial charge in [0.2, 0.25) is 0 Å². The van der Waals surface area contributed by atoms with E-state index in [1.165, 1.54) is 26.4 Å². The van der Waals surface area contributed by atoms with E-state index in [0.717, 1.165) is 0 Å². The van der Waals surface area contributed by atoms with Crippen molar-refractivity contribution in [2.24, 2.45) is 0 Å². The molecule has 2 rings (SSSR count). The van der Waals surface area contributed by atoms with Crippen molar-refractivity contribution in [3.8, 4) is 5.75 Å². The molecule has 0 radical (unpaired) electrons. The predicted molar refractivity (Wildman–Crippen MR) is 82.4 cm³/mol. The van der Waals surface area contributed by atoms with Gasteiger partial charge in [0.05, 0.1) is 18.4 Å². The lowest BCUT2D eigenvalue weighted by Crippen LogP contribution is -2.15. The van der Waals surface area contributed by atoms with Crippen LogP contribution in [-0.2, 0) is 0 Å². The molecule has 1 aromatic carbocycles. The molecule has 0 saturated heterocycles. The number of ether oxygens (including phenoxy) is 1. The van der Waals surface area contributed by atoms with Gasteiger partial charge in [-0.2, -0.15) is 0 Å². The van der Waals surface area contributed by atoms with Gasteiger partial charge in [0.15, 0.2) is 11.6 Å². The molecule has 0 atom stereocenters. The number of anilines is 2. The molecule has 21 heavy (non-hydrogen) atoms. The standard InChI is InChI=1S/C14H13BrFN3O2/c1-17-13-12(16)9(5-6-18-13)14(20)19-11-7-8(21-2)3-4-10(11)15/h3-7H,1-2H3,(H,17,18)(H,19,20). The molecule has 0 aliphatic carbocycles. The minimum atomic E-state index is -0.698. The van der Waals surface area contributed by atoms with Crippen LogP contribution in [0.15, 0.2) is 34.9 Å². The number of methoxy groups -OCH3 is 1. The van der Waals surface area contributed by atoms with Gasteiger partial charge in [-0.1, -0.05) is 0 Å². The summed E-state index contributed by atoms with van der Waals surface area (Å²) in [5.74, 6) is -0.663. The number of nitrogens with one attached hydrogen (secondary N) is 2. The summed E-state index contributed by atoms with van der Waals surface area (Å²) in [4.78, 5) is 16.0. The number of benzene rings is 1. The van der Waals surface area contributed by atoms with Crippen LogP contribution in [0.25, 0.3) is 0 Å². The highest BCUT2D eigenvalue weighted by Crippen LogP contribution is 2.28. The van der Waals surface area contributed by atoms with E-state index in [2.05, 4.69) is 31.5 Å². The maximum Gasteiger partial charge on any atom is 0.258 e. The van der Waals surface area contributed by atoms with E-state index in [1.54, 1.807) is 18.2 Å². The molecule has 5 nitrogen and oxygen atoms in total. The van der Waals surface area contributed by atoms with Crippen LogP contribution in [0.1, 0.15) is 10.4 Å². The summed E-state index contributed by atoms with van der Waals surface area (Å²) in [6, 6.07) is 6.43.